The summed E-state index contributed by atoms with van der Waals surface area (Å²) in [6.07, 6.45) is 0. The normalized spacial score (nSPS) is 5.45. The van der Waals surface area contributed by atoms with Gasteiger partial charge in [0.1, 0.15) is 0 Å². The third-order valence-electron chi connectivity index (χ3n) is 0. The summed E-state index contributed by atoms with van der Waals surface area (Å²) >= 11 is 0. The van der Waals surface area contributed by atoms with Crippen molar-refractivity contribution in [2.45, 2.75) is 0 Å². The minimum Gasteiger partial charge on any atom is -0.672 e. The van der Waals surface area contributed by atoms with Crippen molar-refractivity contribution in [2.24, 2.45) is 0 Å². The maximum absolute atomic E-state index is 8.52. The first-order valence-corrected chi connectivity index (χ1v) is 9.19. The first kappa shape index (κ1) is 43.0. The van der Waals surface area contributed by atoms with E-state index in [0.717, 1.165) is 0 Å². The molecule has 22 heavy (non-hydrogen) atoms. The Kier molecular flexibility index (Phi) is 72.5. The van der Waals surface area contributed by atoms with Crippen LogP contribution in [0.5, 0.6) is 0 Å². The number of hydrogen-bond acceptors (Lipinski definition) is 15. The second-order valence-corrected chi connectivity index (χ2v) is 3.75. The molecule has 0 fully saturated rings. The van der Waals surface area contributed by atoms with Gasteiger partial charge in [-0.15, -0.1) is 0 Å². The second kappa shape index (κ2) is 37.1. The Bertz CT molecular complexity index is 211. The molecule has 15 nitrogen and oxygen atoms in total. The fourth-order valence-corrected chi connectivity index (χ4v) is 0. The number of hydrogen-bond donors (Lipinski definition) is 0. The predicted molar refractivity (Wildman–Crippen MR) is 32.2 cm³/mol. The van der Waals surface area contributed by atoms with Crippen molar-refractivity contribution < 1.29 is 115 Å². The fraction of sp³-hybridized carbons (Fsp3) is 0. The molecule has 0 bridgehead atoms. The van der Waals surface area contributed by atoms with E-state index in [1.165, 1.54) is 0 Å². The van der Waals surface area contributed by atoms with Gasteiger partial charge in [0.25, 0.3) is 0 Å². The molecule has 120 valence electrons. The Labute approximate surface area is 160 Å². The average Bonchev–Trinajstić information content (AvgIpc) is 1.94. The Balaban J connectivity index is -0.0000000250. The van der Waals surface area contributed by atoms with Gasteiger partial charge in [-0.3, -0.25) is 0 Å². The summed E-state index contributed by atoms with van der Waals surface area (Å²) in [7, 11) is -18.1. The molecule has 0 aromatic rings. The molecule has 0 amide bonds. The zero-order valence-corrected chi connectivity index (χ0v) is 18.9. The predicted octanol–water partition coefficient (Wildman–Crippen LogP) is -14.4. The van der Waals surface area contributed by atoms with Gasteiger partial charge in [0.15, 0.2) is 0 Å². The summed E-state index contributed by atoms with van der Waals surface area (Å²) < 4.78 is 42.6. The molecule has 0 aromatic carbocycles. The summed E-state index contributed by atoms with van der Waals surface area (Å²) in [5, 5.41) is 0. The van der Waals surface area contributed by atoms with Crippen LogP contribution in [0.2, 0.25) is 0 Å². The third kappa shape index (κ3) is 35600. The summed E-state index contributed by atoms with van der Waals surface area (Å²) in [6.45, 7) is 0. The molecule has 0 heterocycles. The van der Waals surface area contributed by atoms with E-state index < -0.39 is 45.9 Å². The van der Waals surface area contributed by atoms with Crippen molar-refractivity contribution in [2.75, 3.05) is 0 Å². The van der Waals surface area contributed by atoms with Crippen LogP contribution in [0, 0.1) is 0 Å². The topological polar surface area (TPSA) is 316 Å². The van der Waals surface area contributed by atoms with E-state index in [1.54, 1.807) is 0 Å². The van der Waals surface area contributed by atoms with Crippen molar-refractivity contribution in [1.29, 1.82) is 0 Å². The van der Waals surface area contributed by atoms with Crippen LogP contribution in [0.25, 0.3) is 0 Å². The van der Waals surface area contributed by atoms with Crippen LogP contribution in [0.15, 0.2) is 0 Å². The monoisotopic (exact) mass is 566 g/mol. The van der Waals surface area contributed by atoms with Crippen molar-refractivity contribution in [3.8, 4) is 0 Å². The Hall–Kier alpha value is -0.435. The average molecular weight is 566 g/mol. The summed E-state index contributed by atoms with van der Waals surface area (Å²) in [5.41, 5.74) is 0. The van der Waals surface area contributed by atoms with Crippen LogP contribution in [-0.2, 0) is 67.1 Å². The molecular weight excluding hydrogens is 566 g/mol. The maximum atomic E-state index is 8.52. The van der Waals surface area contributed by atoms with Crippen molar-refractivity contribution in [3.05, 3.63) is 0 Å². The van der Waals surface area contributed by atoms with E-state index in [0.29, 0.717) is 0 Å². The van der Waals surface area contributed by atoms with Gasteiger partial charge in [0.05, 0.1) is 0 Å². The van der Waals surface area contributed by atoms with Gasteiger partial charge in [0.2, 0.25) is 0 Å². The van der Waals surface area contributed by atoms with Gasteiger partial charge >= 0.3 is 44.8 Å². The summed E-state index contributed by atoms with van der Waals surface area (Å²) in [4.78, 5) is 85.2. The molecule has 0 atom stereocenters. The molecule has 22 heteroatoms. The van der Waals surface area contributed by atoms with E-state index in [9.17, 15) is 0 Å². The third-order valence-corrected chi connectivity index (χ3v) is 0. The minimum atomic E-state index is -3.63. The Morgan fingerprint density at radius 1 is 0.318 bits per heavy atom. The quantitative estimate of drug-likeness (QED) is 0.246. The molecule has 0 aliphatic heterocycles. The molecule has 0 aromatic heterocycles. The fourth-order valence-electron chi connectivity index (χ4n) is 0. The van der Waals surface area contributed by atoms with Crippen LogP contribution >= 0.6 is 0 Å². The van der Waals surface area contributed by atoms with Gasteiger partial charge < -0.3 is 70.3 Å². The van der Waals surface area contributed by atoms with Crippen LogP contribution in [0.4, 0.5) is 0 Å². The van der Waals surface area contributed by atoms with Gasteiger partial charge in [-0.1, -0.05) is 0 Å². The zero-order chi connectivity index (χ0) is 17.9. The van der Waals surface area contributed by atoms with Crippen LogP contribution in [0.1, 0.15) is 0 Å². The van der Waals surface area contributed by atoms with Crippen molar-refractivity contribution in [3.63, 3.8) is 0 Å². The van der Waals surface area contributed by atoms with Crippen LogP contribution in [0.3, 0.4) is 0 Å². The van der Waals surface area contributed by atoms with Gasteiger partial charge in [0, 0.05) is 45.9 Å². The van der Waals surface area contributed by atoms with Crippen molar-refractivity contribution >= 4 is 45.9 Å². The SMILES string of the molecule is O=[Si]([O-])[O-].O=[Si]([O-])[O-].O=[Si]([O-])[O-].O=[Si]([O-])[O-].O=[Si]([O-])[O-].[Nb+5].[Nb+5]. The van der Waals surface area contributed by atoms with E-state index in [4.69, 9.17) is 70.3 Å². The molecular formula is Nb2O15Si5. The van der Waals surface area contributed by atoms with E-state index in [2.05, 4.69) is 0 Å². The molecule has 0 radical (unpaired) electrons. The first-order chi connectivity index (χ1) is 8.66. The molecule has 0 unspecified atom stereocenters. The molecule has 0 aliphatic carbocycles. The van der Waals surface area contributed by atoms with E-state index >= 15 is 0 Å². The van der Waals surface area contributed by atoms with Gasteiger partial charge in [-0.05, 0) is 0 Å². The Morgan fingerprint density at radius 3 is 0.318 bits per heavy atom. The van der Waals surface area contributed by atoms with Gasteiger partial charge in [-0.25, -0.2) is 0 Å². The molecule has 0 saturated heterocycles. The first-order valence-electron chi connectivity index (χ1n) is 3.06. The smallest absolute Gasteiger partial charge is 0.672 e. The molecule has 0 saturated carbocycles. The second-order valence-electron chi connectivity index (χ2n) is 1.25. The maximum Gasteiger partial charge on any atom is 5.00 e. The zero-order valence-electron chi connectivity index (χ0n) is 9.52. The standard InChI is InChI=1S/2Nb.5O3Si/c;;5*1-4(2)3/q2*+5;5*-2. The molecule has 0 rings (SSSR count). The molecule has 0 aliphatic rings. The molecule has 0 N–H and O–H groups in total. The van der Waals surface area contributed by atoms with Crippen molar-refractivity contribution in [1.82, 2.24) is 0 Å². The summed E-state index contributed by atoms with van der Waals surface area (Å²) in [6, 6.07) is 0. The van der Waals surface area contributed by atoms with E-state index in [1.807, 2.05) is 0 Å². The van der Waals surface area contributed by atoms with E-state index in [-0.39, 0.29) is 44.8 Å². The molecule has 0 spiro atoms. The van der Waals surface area contributed by atoms with Crippen LogP contribution in [-0.4, -0.2) is 45.9 Å². The van der Waals surface area contributed by atoms with Crippen LogP contribution < -0.4 is 48.0 Å². The Morgan fingerprint density at radius 2 is 0.318 bits per heavy atom. The minimum absolute atomic E-state index is 0. The van der Waals surface area contributed by atoms with Gasteiger partial charge in [-0.2, -0.15) is 0 Å². The number of rotatable bonds is 0. The summed E-state index contributed by atoms with van der Waals surface area (Å²) in [5.74, 6) is 0. The largest absolute Gasteiger partial charge is 5.00 e.